The molecular weight excluding hydrogens is 270 g/mol. The van der Waals surface area contributed by atoms with E-state index in [1.807, 2.05) is 0 Å². The maximum Gasteiger partial charge on any atom is 0.358 e. The van der Waals surface area contributed by atoms with Crippen molar-refractivity contribution in [2.45, 2.75) is 25.6 Å². The van der Waals surface area contributed by atoms with E-state index in [4.69, 9.17) is 10.8 Å². The second-order valence-corrected chi connectivity index (χ2v) is 3.86. The molecule has 0 saturated carbocycles. The molecule has 0 aliphatic heterocycles. The number of aliphatic hydroxyl groups is 2. The van der Waals surface area contributed by atoms with Gasteiger partial charge in [0.05, 0.1) is 31.0 Å². The first-order chi connectivity index (χ1) is 9.36. The molecule has 20 heavy (non-hydrogen) atoms. The molecule has 0 fully saturated rings. The van der Waals surface area contributed by atoms with Crippen LogP contribution in [0.25, 0.3) is 0 Å². The number of carboxylic acid groups (broad SMARTS) is 1. The molecule has 2 unspecified atom stereocenters. The Hall–Kier alpha value is -2.26. The highest BCUT2D eigenvalue weighted by molar-refractivity contribution is 5.90. The highest BCUT2D eigenvalue weighted by Crippen LogP contribution is 2.18. The number of aromatic nitrogens is 2. The third kappa shape index (κ3) is 3.87. The van der Waals surface area contributed by atoms with Gasteiger partial charge in [0, 0.05) is 0 Å². The van der Waals surface area contributed by atoms with Crippen molar-refractivity contribution >= 4 is 17.8 Å². The minimum Gasteiger partial charge on any atom is -0.476 e. The van der Waals surface area contributed by atoms with Crippen LogP contribution in [0.1, 0.15) is 35.6 Å². The standard InChI is InChI=1S/C11H15N3O6/c1-2-20-7(16)3-6(15)9(17)5-4-13-10(12)8(14-5)11(18)19/h4,6,9,15,17H,2-3H2,1H3,(H2,12,13)(H,18,19). The van der Waals surface area contributed by atoms with E-state index in [-0.39, 0.29) is 18.1 Å². The minimum atomic E-state index is -1.58. The van der Waals surface area contributed by atoms with Gasteiger partial charge in [-0.1, -0.05) is 0 Å². The van der Waals surface area contributed by atoms with Gasteiger partial charge in [0.25, 0.3) is 0 Å². The van der Waals surface area contributed by atoms with Gasteiger partial charge in [0.15, 0.2) is 11.5 Å². The highest BCUT2D eigenvalue weighted by Gasteiger charge is 2.25. The van der Waals surface area contributed by atoms with Crippen molar-refractivity contribution in [3.63, 3.8) is 0 Å². The normalized spacial score (nSPS) is 13.6. The molecule has 0 amide bonds. The minimum absolute atomic E-state index is 0.145. The molecule has 1 heterocycles. The lowest BCUT2D eigenvalue weighted by atomic mass is 10.1. The zero-order valence-electron chi connectivity index (χ0n) is 10.7. The first-order valence-corrected chi connectivity index (χ1v) is 5.74. The Morgan fingerprint density at radius 2 is 2.10 bits per heavy atom. The summed E-state index contributed by atoms with van der Waals surface area (Å²) in [5.41, 5.74) is 4.58. The van der Waals surface area contributed by atoms with Crippen molar-refractivity contribution in [2.75, 3.05) is 12.3 Å². The van der Waals surface area contributed by atoms with Gasteiger partial charge < -0.3 is 25.8 Å². The van der Waals surface area contributed by atoms with Crippen LogP contribution in [-0.4, -0.2) is 49.9 Å². The second-order valence-electron chi connectivity index (χ2n) is 3.86. The first-order valence-electron chi connectivity index (χ1n) is 5.74. The third-order valence-corrected chi connectivity index (χ3v) is 2.37. The fourth-order valence-electron chi connectivity index (χ4n) is 1.41. The van der Waals surface area contributed by atoms with Gasteiger partial charge in [-0.25, -0.2) is 14.8 Å². The van der Waals surface area contributed by atoms with Crippen LogP contribution in [0.3, 0.4) is 0 Å². The lowest BCUT2D eigenvalue weighted by molar-refractivity contribution is -0.147. The highest BCUT2D eigenvalue weighted by atomic mass is 16.5. The molecule has 110 valence electrons. The number of aliphatic hydroxyl groups excluding tert-OH is 2. The van der Waals surface area contributed by atoms with Crippen LogP contribution >= 0.6 is 0 Å². The summed E-state index contributed by atoms with van der Waals surface area (Å²) < 4.78 is 4.62. The van der Waals surface area contributed by atoms with Crippen LogP contribution in [0.15, 0.2) is 6.20 Å². The van der Waals surface area contributed by atoms with Crippen LogP contribution in [-0.2, 0) is 9.53 Å². The molecule has 9 nitrogen and oxygen atoms in total. The number of anilines is 1. The van der Waals surface area contributed by atoms with E-state index in [1.54, 1.807) is 6.92 Å². The van der Waals surface area contributed by atoms with Crippen LogP contribution in [0, 0.1) is 0 Å². The van der Waals surface area contributed by atoms with Gasteiger partial charge >= 0.3 is 11.9 Å². The number of nitrogens with zero attached hydrogens (tertiary/aromatic N) is 2. The Balaban J connectivity index is 2.86. The third-order valence-electron chi connectivity index (χ3n) is 2.37. The molecule has 0 saturated heterocycles. The first kappa shape index (κ1) is 15.8. The number of carbonyl (C=O) groups excluding carboxylic acids is 1. The molecule has 1 aromatic heterocycles. The van der Waals surface area contributed by atoms with E-state index in [0.29, 0.717) is 0 Å². The van der Waals surface area contributed by atoms with Gasteiger partial charge in [-0.3, -0.25) is 4.79 Å². The number of esters is 1. The van der Waals surface area contributed by atoms with Gasteiger partial charge in [0.2, 0.25) is 0 Å². The number of rotatable bonds is 6. The lowest BCUT2D eigenvalue weighted by Crippen LogP contribution is -2.25. The lowest BCUT2D eigenvalue weighted by Gasteiger charge is -2.16. The number of nitrogens with two attached hydrogens (primary N) is 1. The number of ether oxygens (including phenoxy) is 1. The number of carboxylic acids is 1. The van der Waals surface area contributed by atoms with Gasteiger partial charge in [-0.15, -0.1) is 0 Å². The molecule has 1 rings (SSSR count). The van der Waals surface area contributed by atoms with Crippen LogP contribution in [0.2, 0.25) is 0 Å². The topological polar surface area (TPSA) is 156 Å². The Morgan fingerprint density at radius 3 is 2.65 bits per heavy atom. The summed E-state index contributed by atoms with van der Waals surface area (Å²) in [6.45, 7) is 1.75. The van der Waals surface area contributed by atoms with E-state index in [1.165, 1.54) is 0 Å². The second kappa shape index (κ2) is 6.78. The predicted octanol–water partition coefficient (Wildman–Crippen LogP) is -0.896. The van der Waals surface area contributed by atoms with Gasteiger partial charge in [-0.2, -0.15) is 0 Å². The van der Waals surface area contributed by atoms with Crippen molar-refractivity contribution in [3.05, 3.63) is 17.6 Å². The molecule has 0 bridgehead atoms. The average Bonchev–Trinajstić information content (AvgIpc) is 2.38. The Labute approximate surface area is 114 Å². The molecule has 5 N–H and O–H groups in total. The maximum atomic E-state index is 11.2. The van der Waals surface area contributed by atoms with Gasteiger partial charge in [-0.05, 0) is 6.92 Å². The van der Waals surface area contributed by atoms with E-state index < -0.39 is 36.3 Å². The zero-order valence-corrected chi connectivity index (χ0v) is 10.7. The number of carbonyl (C=O) groups is 2. The van der Waals surface area contributed by atoms with Crippen molar-refractivity contribution < 1.29 is 29.6 Å². The van der Waals surface area contributed by atoms with Gasteiger partial charge in [0.1, 0.15) is 6.10 Å². The zero-order chi connectivity index (χ0) is 15.3. The SMILES string of the molecule is CCOC(=O)CC(O)C(O)c1cnc(N)c(C(=O)O)n1. The van der Waals surface area contributed by atoms with E-state index in [2.05, 4.69) is 14.7 Å². The summed E-state index contributed by atoms with van der Waals surface area (Å²) >= 11 is 0. The number of hydrogen-bond acceptors (Lipinski definition) is 8. The van der Waals surface area contributed by atoms with E-state index >= 15 is 0 Å². The Kier molecular flexibility index (Phi) is 5.35. The molecular formula is C11H15N3O6. The molecule has 9 heteroatoms. The summed E-state index contributed by atoms with van der Waals surface area (Å²) in [7, 11) is 0. The molecule has 0 aromatic carbocycles. The molecule has 0 aliphatic rings. The van der Waals surface area contributed by atoms with Crippen LogP contribution < -0.4 is 5.73 Å². The Morgan fingerprint density at radius 1 is 1.45 bits per heavy atom. The molecule has 2 atom stereocenters. The quantitative estimate of drug-likeness (QED) is 0.486. The fourth-order valence-corrected chi connectivity index (χ4v) is 1.41. The molecule has 1 aromatic rings. The number of nitrogen functional groups attached to an aromatic ring is 1. The predicted molar refractivity (Wildman–Crippen MR) is 65.6 cm³/mol. The van der Waals surface area contributed by atoms with Crippen LogP contribution in [0.4, 0.5) is 5.82 Å². The summed E-state index contributed by atoms with van der Waals surface area (Å²) in [5, 5.41) is 28.3. The summed E-state index contributed by atoms with van der Waals surface area (Å²) in [6, 6.07) is 0. The van der Waals surface area contributed by atoms with Crippen molar-refractivity contribution in [1.82, 2.24) is 9.97 Å². The van der Waals surface area contributed by atoms with E-state index in [9.17, 15) is 19.8 Å². The number of hydrogen-bond donors (Lipinski definition) is 4. The average molecular weight is 285 g/mol. The largest absolute Gasteiger partial charge is 0.476 e. The summed E-state index contributed by atoms with van der Waals surface area (Å²) in [5.74, 6) is -2.42. The van der Waals surface area contributed by atoms with Crippen molar-refractivity contribution in [2.24, 2.45) is 0 Å². The fraction of sp³-hybridized carbons (Fsp3) is 0.455. The van der Waals surface area contributed by atoms with Crippen LogP contribution in [0.5, 0.6) is 0 Å². The van der Waals surface area contributed by atoms with E-state index in [0.717, 1.165) is 6.20 Å². The summed E-state index contributed by atoms with van der Waals surface area (Å²) in [4.78, 5) is 29.2. The van der Waals surface area contributed by atoms with Crippen molar-refractivity contribution in [3.8, 4) is 0 Å². The summed E-state index contributed by atoms with van der Waals surface area (Å²) in [6.07, 6.45) is -2.50. The smallest absolute Gasteiger partial charge is 0.358 e. The monoisotopic (exact) mass is 285 g/mol. The molecule has 0 spiro atoms. The Bertz CT molecular complexity index is 507. The maximum absolute atomic E-state index is 11.2. The molecule has 0 aliphatic carbocycles. The van der Waals surface area contributed by atoms with Crippen molar-refractivity contribution in [1.29, 1.82) is 0 Å². The molecule has 0 radical (unpaired) electrons. The number of aromatic carboxylic acids is 1.